The summed E-state index contributed by atoms with van der Waals surface area (Å²) in [4.78, 5) is 17.0. The van der Waals surface area contributed by atoms with Crippen LogP contribution in [0.3, 0.4) is 0 Å². The van der Waals surface area contributed by atoms with E-state index in [1.807, 2.05) is 35.2 Å². The minimum absolute atomic E-state index is 0.0596. The zero-order chi connectivity index (χ0) is 15.2. The highest BCUT2D eigenvalue weighted by Gasteiger charge is 2.30. The molecule has 1 saturated heterocycles. The lowest BCUT2D eigenvalue weighted by Gasteiger charge is -2.37. The van der Waals surface area contributed by atoms with Crippen molar-refractivity contribution < 1.29 is 9.90 Å². The summed E-state index contributed by atoms with van der Waals surface area (Å²) < 4.78 is 0. The predicted octanol–water partition coefficient (Wildman–Crippen LogP) is 1.56. The lowest BCUT2D eigenvalue weighted by Crippen LogP contribution is -2.51. The molecule has 1 fully saturated rings. The van der Waals surface area contributed by atoms with Crippen molar-refractivity contribution >= 4 is 5.91 Å². The third-order valence-corrected chi connectivity index (χ3v) is 4.19. The second-order valence-electron chi connectivity index (χ2n) is 6.02. The number of benzene rings is 1. The average Bonchev–Trinajstić information content (AvgIpc) is 2.49. The molecule has 0 aliphatic carbocycles. The Morgan fingerprint density at radius 1 is 1.14 bits per heavy atom. The summed E-state index contributed by atoms with van der Waals surface area (Å²) in [6.07, 6.45) is 0. The highest BCUT2D eigenvalue weighted by Crippen LogP contribution is 2.27. The van der Waals surface area contributed by atoms with Crippen LogP contribution < -0.4 is 0 Å². The van der Waals surface area contributed by atoms with E-state index in [0.717, 1.165) is 31.7 Å². The van der Waals surface area contributed by atoms with E-state index in [-0.39, 0.29) is 24.3 Å². The van der Waals surface area contributed by atoms with E-state index in [1.54, 1.807) is 0 Å². The number of rotatable bonds is 5. The number of aliphatic hydroxyl groups excluding tert-OH is 1. The highest BCUT2D eigenvalue weighted by atomic mass is 16.3. The minimum Gasteiger partial charge on any atom is -0.395 e. The summed E-state index contributed by atoms with van der Waals surface area (Å²) in [7, 11) is 0. The van der Waals surface area contributed by atoms with Gasteiger partial charge in [-0.2, -0.15) is 0 Å². The molecule has 1 atom stereocenters. The van der Waals surface area contributed by atoms with Crippen molar-refractivity contribution in [2.45, 2.75) is 19.8 Å². The largest absolute Gasteiger partial charge is 0.395 e. The van der Waals surface area contributed by atoms with Crippen LogP contribution in [0.15, 0.2) is 30.3 Å². The van der Waals surface area contributed by atoms with Gasteiger partial charge in [-0.05, 0) is 11.5 Å². The standard InChI is InChI=1S/C17H26N2O2/c1-14(2)16(15-6-4-3-5-7-15)17(21)19-10-8-18(9-11-19)12-13-20/h3-7,14,16,20H,8-13H2,1-2H3/t16-/m0/s1. The fourth-order valence-corrected chi connectivity index (χ4v) is 3.00. The second-order valence-corrected chi connectivity index (χ2v) is 6.02. The van der Waals surface area contributed by atoms with Crippen LogP contribution in [0.1, 0.15) is 25.3 Å². The maximum absolute atomic E-state index is 12.9. The Kier molecular flexibility index (Phi) is 5.76. The Labute approximate surface area is 127 Å². The SMILES string of the molecule is CC(C)[C@H](C(=O)N1CCN(CCO)CC1)c1ccccc1. The molecule has 0 aromatic heterocycles. The first-order chi connectivity index (χ1) is 10.1. The smallest absolute Gasteiger partial charge is 0.230 e. The van der Waals surface area contributed by atoms with Crippen LogP contribution >= 0.6 is 0 Å². The number of carbonyl (C=O) groups excluding carboxylic acids is 1. The minimum atomic E-state index is -0.0596. The number of amides is 1. The van der Waals surface area contributed by atoms with E-state index < -0.39 is 0 Å². The molecule has 0 unspecified atom stereocenters. The van der Waals surface area contributed by atoms with Crippen LogP contribution in [-0.2, 0) is 4.79 Å². The normalized spacial score (nSPS) is 18.0. The number of nitrogens with zero attached hydrogens (tertiary/aromatic N) is 2. The molecule has 1 aromatic rings. The number of β-amino-alcohol motifs (C(OH)–C–C–N with tert-alkyl or cyclic N) is 1. The Hall–Kier alpha value is -1.39. The van der Waals surface area contributed by atoms with Crippen LogP contribution in [0.5, 0.6) is 0 Å². The molecule has 21 heavy (non-hydrogen) atoms. The van der Waals surface area contributed by atoms with Gasteiger partial charge in [-0.1, -0.05) is 44.2 Å². The van der Waals surface area contributed by atoms with E-state index in [2.05, 4.69) is 18.7 Å². The van der Waals surface area contributed by atoms with Crippen LogP contribution in [0.2, 0.25) is 0 Å². The van der Waals surface area contributed by atoms with Gasteiger partial charge in [-0.3, -0.25) is 9.69 Å². The van der Waals surface area contributed by atoms with Gasteiger partial charge in [0.05, 0.1) is 12.5 Å². The Balaban J connectivity index is 2.03. The quantitative estimate of drug-likeness (QED) is 0.895. The molecule has 0 saturated carbocycles. The van der Waals surface area contributed by atoms with E-state index in [0.29, 0.717) is 6.54 Å². The Morgan fingerprint density at radius 2 is 1.76 bits per heavy atom. The van der Waals surface area contributed by atoms with Gasteiger partial charge in [0.1, 0.15) is 0 Å². The molecule has 1 aromatic carbocycles. The van der Waals surface area contributed by atoms with Gasteiger partial charge in [-0.15, -0.1) is 0 Å². The summed E-state index contributed by atoms with van der Waals surface area (Å²) in [6.45, 7) is 8.33. The molecule has 4 heteroatoms. The first-order valence-electron chi connectivity index (χ1n) is 7.80. The molecule has 1 heterocycles. The summed E-state index contributed by atoms with van der Waals surface area (Å²) in [5.74, 6) is 0.464. The molecule has 0 spiro atoms. The molecule has 4 nitrogen and oxygen atoms in total. The number of hydrogen-bond donors (Lipinski definition) is 1. The summed E-state index contributed by atoms with van der Waals surface area (Å²) in [5, 5.41) is 8.98. The average molecular weight is 290 g/mol. The van der Waals surface area contributed by atoms with Crippen LogP contribution in [0.4, 0.5) is 0 Å². The maximum Gasteiger partial charge on any atom is 0.230 e. The molecule has 1 amide bonds. The predicted molar refractivity (Wildman–Crippen MR) is 84.1 cm³/mol. The van der Waals surface area contributed by atoms with Gasteiger partial charge in [0.25, 0.3) is 0 Å². The van der Waals surface area contributed by atoms with E-state index in [1.165, 1.54) is 0 Å². The second kappa shape index (κ2) is 7.57. The Bertz CT molecular complexity index is 439. The molecular formula is C17H26N2O2. The first-order valence-corrected chi connectivity index (χ1v) is 7.80. The van der Waals surface area contributed by atoms with E-state index >= 15 is 0 Å². The first kappa shape index (κ1) is 16.0. The van der Waals surface area contributed by atoms with Crippen molar-refractivity contribution in [2.75, 3.05) is 39.3 Å². The molecule has 116 valence electrons. The van der Waals surface area contributed by atoms with E-state index in [9.17, 15) is 4.79 Å². The molecule has 2 rings (SSSR count). The summed E-state index contributed by atoms with van der Waals surface area (Å²) in [5.41, 5.74) is 1.11. The van der Waals surface area contributed by atoms with E-state index in [4.69, 9.17) is 5.11 Å². The lowest BCUT2D eigenvalue weighted by molar-refractivity contribution is -0.135. The highest BCUT2D eigenvalue weighted by molar-refractivity contribution is 5.84. The molecule has 1 N–H and O–H groups in total. The fourth-order valence-electron chi connectivity index (χ4n) is 3.00. The van der Waals surface area contributed by atoms with Gasteiger partial charge in [0, 0.05) is 32.7 Å². The Morgan fingerprint density at radius 3 is 2.29 bits per heavy atom. The van der Waals surface area contributed by atoms with Crippen LogP contribution in [0.25, 0.3) is 0 Å². The number of carbonyl (C=O) groups is 1. The number of piperazine rings is 1. The third kappa shape index (κ3) is 4.05. The molecule has 0 bridgehead atoms. The van der Waals surface area contributed by atoms with Crippen molar-refractivity contribution in [3.05, 3.63) is 35.9 Å². The van der Waals surface area contributed by atoms with Crippen molar-refractivity contribution in [3.8, 4) is 0 Å². The lowest BCUT2D eigenvalue weighted by atomic mass is 9.87. The zero-order valence-electron chi connectivity index (χ0n) is 13.0. The van der Waals surface area contributed by atoms with Crippen molar-refractivity contribution in [3.63, 3.8) is 0 Å². The van der Waals surface area contributed by atoms with Gasteiger partial charge in [0.15, 0.2) is 0 Å². The fraction of sp³-hybridized carbons (Fsp3) is 0.588. The van der Waals surface area contributed by atoms with Gasteiger partial charge in [-0.25, -0.2) is 0 Å². The number of hydrogen-bond acceptors (Lipinski definition) is 3. The van der Waals surface area contributed by atoms with Crippen molar-refractivity contribution in [1.29, 1.82) is 0 Å². The molecular weight excluding hydrogens is 264 g/mol. The molecule has 0 radical (unpaired) electrons. The van der Waals surface area contributed by atoms with Gasteiger partial charge in [0.2, 0.25) is 5.91 Å². The van der Waals surface area contributed by atoms with Gasteiger partial charge >= 0.3 is 0 Å². The summed E-state index contributed by atoms with van der Waals surface area (Å²) >= 11 is 0. The summed E-state index contributed by atoms with van der Waals surface area (Å²) in [6, 6.07) is 10.1. The van der Waals surface area contributed by atoms with Gasteiger partial charge < -0.3 is 10.0 Å². The molecule has 1 aliphatic heterocycles. The van der Waals surface area contributed by atoms with Crippen LogP contribution in [0, 0.1) is 5.92 Å². The number of aliphatic hydroxyl groups is 1. The van der Waals surface area contributed by atoms with Crippen molar-refractivity contribution in [1.82, 2.24) is 9.80 Å². The monoisotopic (exact) mass is 290 g/mol. The van der Waals surface area contributed by atoms with Crippen LogP contribution in [-0.4, -0.2) is 60.1 Å². The third-order valence-electron chi connectivity index (χ3n) is 4.19. The molecule has 1 aliphatic rings. The topological polar surface area (TPSA) is 43.8 Å². The zero-order valence-corrected chi connectivity index (χ0v) is 13.0. The van der Waals surface area contributed by atoms with Crippen molar-refractivity contribution in [2.24, 2.45) is 5.92 Å². The maximum atomic E-state index is 12.9.